The van der Waals surface area contributed by atoms with Gasteiger partial charge in [0.2, 0.25) is 0 Å². The van der Waals surface area contributed by atoms with E-state index in [0.29, 0.717) is 12.1 Å². The third-order valence-corrected chi connectivity index (χ3v) is 3.38. The highest BCUT2D eigenvalue weighted by Gasteiger charge is 2.15. The van der Waals surface area contributed by atoms with Crippen molar-refractivity contribution in [3.05, 3.63) is 12.4 Å². The Labute approximate surface area is 103 Å². The standard InChI is InChI=1S/C13H22N4/c1-3-10(2)16-12-8-13(15-9-14-12)17-11-6-4-5-7-11/h8-11H,3-7H2,1-2H3,(H2,14,15,16,17). The van der Waals surface area contributed by atoms with Gasteiger partial charge >= 0.3 is 0 Å². The van der Waals surface area contributed by atoms with Gasteiger partial charge in [-0.3, -0.25) is 0 Å². The Hall–Kier alpha value is -1.32. The fraction of sp³-hybridized carbons (Fsp3) is 0.692. The van der Waals surface area contributed by atoms with Crippen molar-refractivity contribution in [2.24, 2.45) is 0 Å². The van der Waals surface area contributed by atoms with E-state index in [2.05, 4.69) is 34.4 Å². The minimum Gasteiger partial charge on any atom is -0.367 e. The molecular formula is C13H22N4. The Kier molecular flexibility index (Phi) is 4.18. The van der Waals surface area contributed by atoms with Crippen molar-refractivity contribution in [1.29, 1.82) is 0 Å². The van der Waals surface area contributed by atoms with Crippen molar-refractivity contribution in [2.45, 2.75) is 58.0 Å². The molecule has 2 N–H and O–H groups in total. The zero-order valence-corrected chi connectivity index (χ0v) is 10.7. The van der Waals surface area contributed by atoms with Crippen molar-refractivity contribution in [1.82, 2.24) is 9.97 Å². The van der Waals surface area contributed by atoms with Crippen LogP contribution in [-0.2, 0) is 0 Å². The molecule has 0 radical (unpaired) electrons. The second kappa shape index (κ2) is 5.84. The SMILES string of the molecule is CCC(C)Nc1cc(NC2CCCC2)ncn1. The van der Waals surface area contributed by atoms with Crippen molar-refractivity contribution in [2.75, 3.05) is 10.6 Å². The maximum absolute atomic E-state index is 4.27. The van der Waals surface area contributed by atoms with Crippen molar-refractivity contribution in [3.8, 4) is 0 Å². The first-order valence-electron chi connectivity index (χ1n) is 6.63. The fourth-order valence-corrected chi connectivity index (χ4v) is 2.15. The summed E-state index contributed by atoms with van der Waals surface area (Å²) in [7, 11) is 0. The molecule has 2 rings (SSSR count). The summed E-state index contributed by atoms with van der Waals surface area (Å²) in [6.07, 6.45) is 7.91. The summed E-state index contributed by atoms with van der Waals surface area (Å²) in [6, 6.07) is 3.05. The van der Waals surface area contributed by atoms with Crippen LogP contribution in [0.4, 0.5) is 11.6 Å². The third-order valence-electron chi connectivity index (χ3n) is 3.38. The summed E-state index contributed by atoms with van der Waals surface area (Å²) < 4.78 is 0. The lowest BCUT2D eigenvalue weighted by Crippen LogP contribution is -2.17. The van der Waals surface area contributed by atoms with Gasteiger partial charge in [0.1, 0.15) is 18.0 Å². The molecule has 1 aromatic heterocycles. The van der Waals surface area contributed by atoms with E-state index in [9.17, 15) is 0 Å². The summed E-state index contributed by atoms with van der Waals surface area (Å²) in [5.41, 5.74) is 0. The summed E-state index contributed by atoms with van der Waals surface area (Å²) in [5.74, 6) is 1.85. The van der Waals surface area contributed by atoms with Crippen molar-refractivity contribution in [3.63, 3.8) is 0 Å². The Morgan fingerprint density at radius 1 is 1.29 bits per heavy atom. The summed E-state index contributed by atoms with van der Waals surface area (Å²) in [5, 5.41) is 6.85. The minimum atomic E-state index is 0.448. The first-order chi connectivity index (χ1) is 8.28. The van der Waals surface area contributed by atoms with E-state index in [1.54, 1.807) is 6.33 Å². The summed E-state index contributed by atoms with van der Waals surface area (Å²) in [6.45, 7) is 4.32. The molecule has 1 aromatic rings. The van der Waals surface area contributed by atoms with Crippen LogP contribution in [0.3, 0.4) is 0 Å². The molecule has 0 aliphatic heterocycles. The Bertz CT molecular complexity index is 347. The van der Waals surface area contributed by atoms with Crippen LogP contribution in [-0.4, -0.2) is 22.1 Å². The molecule has 1 heterocycles. The van der Waals surface area contributed by atoms with Gasteiger partial charge in [-0.15, -0.1) is 0 Å². The highest BCUT2D eigenvalue weighted by Crippen LogP contribution is 2.22. The zero-order chi connectivity index (χ0) is 12.1. The van der Waals surface area contributed by atoms with E-state index >= 15 is 0 Å². The second-order valence-corrected chi connectivity index (χ2v) is 4.87. The predicted octanol–water partition coefficient (Wildman–Crippen LogP) is 3.04. The number of nitrogens with one attached hydrogen (secondary N) is 2. The lowest BCUT2D eigenvalue weighted by molar-refractivity contribution is 0.746. The van der Waals surface area contributed by atoms with Gasteiger partial charge in [-0.05, 0) is 26.2 Å². The smallest absolute Gasteiger partial charge is 0.131 e. The molecule has 17 heavy (non-hydrogen) atoms. The molecule has 0 aromatic carbocycles. The van der Waals surface area contributed by atoms with Gasteiger partial charge in [-0.1, -0.05) is 19.8 Å². The van der Waals surface area contributed by atoms with Crippen LogP contribution in [0.5, 0.6) is 0 Å². The number of nitrogens with zero attached hydrogens (tertiary/aromatic N) is 2. The highest BCUT2D eigenvalue weighted by atomic mass is 15.1. The lowest BCUT2D eigenvalue weighted by atomic mass is 10.2. The predicted molar refractivity (Wildman–Crippen MR) is 71.3 cm³/mol. The topological polar surface area (TPSA) is 49.8 Å². The van der Waals surface area contributed by atoms with E-state index in [1.807, 2.05) is 6.07 Å². The molecule has 1 fully saturated rings. The van der Waals surface area contributed by atoms with Gasteiger partial charge in [0, 0.05) is 18.2 Å². The van der Waals surface area contributed by atoms with Crippen molar-refractivity contribution < 1.29 is 0 Å². The van der Waals surface area contributed by atoms with Crippen LogP contribution in [0.15, 0.2) is 12.4 Å². The molecule has 1 aliphatic rings. The number of aromatic nitrogens is 2. The van der Waals surface area contributed by atoms with E-state index in [4.69, 9.17) is 0 Å². The molecule has 4 nitrogen and oxygen atoms in total. The third kappa shape index (κ3) is 3.58. The first-order valence-corrected chi connectivity index (χ1v) is 6.63. The van der Waals surface area contributed by atoms with Crippen LogP contribution in [0.2, 0.25) is 0 Å². The number of anilines is 2. The number of hydrogen-bond acceptors (Lipinski definition) is 4. The van der Waals surface area contributed by atoms with E-state index in [1.165, 1.54) is 25.7 Å². The molecule has 1 saturated carbocycles. The molecule has 1 aliphatic carbocycles. The first kappa shape index (κ1) is 12.1. The van der Waals surface area contributed by atoms with E-state index in [0.717, 1.165) is 18.1 Å². The van der Waals surface area contributed by atoms with Crippen LogP contribution < -0.4 is 10.6 Å². The molecule has 1 atom stereocenters. The van der Waals surface area contributed by atoms with Gasteiger partial charge in [-0.25, -0.2) is 9.97 Å². The summed E-state index contributed by atoms with van der Waals surface area (Å²) >= 11 is 0. The zero-order valence-electron chi connectivity index (χ0n) is 10.7. The van der Waals surface area contributed by atoms with Gasteiger partial charge in [0.15, 0.2) is 0 Å². The molecule has 0 saturated heterocycles. The molecule has 94 valence electrons. The Balaban J connectivity index is 1.95. The van der Waals surface area contributed by atoms with Gasteiger partial charge in [0.05, 0.1) is 0 Å². The van der Waals surface area contributed by atoms with Crippen LogP contribution in [0, 0.1) is 0 Å². The molecule has 0 spiro atoms. The lowest BCUT2D eigenvalue weighted by Gasteiger charge is -2.15. The maximum atomic E-state index is 4.27. The second-order valence-electron chi connectivity index (χ2n) is 4.87. The van der Waals surface area contributed by atoms with Gasteiger partial charge in [0.25, 0.3) is 0 Å². The molecule has 4 heteroatoms. The average molecular weight is 234 g/mol. The molecule has 0 bridgehead atoms. The van der Waals surface area contributed by atoms with Crippen LogP contribution >= 0.6 is 0 Å². The fourth-order valence-electron chi connectivity index (χ4n) is 2.15. The van der Waals surface area contributed by atoms with E-state index < -0.39 is 0 Å². The van der Waals surface area contributed by atoms with Gasteiger partial charge < -0.3 is 10.6 Å². The van der Waals surface area contributed by atoms with Crippen LogP contribution in [0.25, 0.3) is 0 Å². The molecular weight excluding hydrogens is 212 g/mol. The van der Waals surface area contributed by atoms with Crippen molar-refractivity contribution >= 4 is 11.6 Å². The highest BCUT2D eigenvalue weighted by molar-refractivity contribution is 5.47. The Morgan fingerprint density at radius 2 is 2.00 bits per heavy atom. The largest absolute Gasteiger partial charge is 0.367 e. The average Bonchev–Trinajstić information content (AvgIpc) is 2.82. The van der Waals surface area contributed by atoms with Gasteiger partial charge in [-0.2, -0.15) is 0 Å². The monoisotopic (exact) mass is 234 g/mol. The molecule has 0 amide bonds. The van der Waals surface area contributed by atoms with E-state index in [-0.39, 0.29) is 0 Å². The summed E-state index contributed by atoms with van der Waals surface area (Å²) in [4.78, 5) is 8.51. The quantitative estimate of drug-likeness (QED) is 0.822. The number of hydrogen-bond donors (Lipinski definition) is 2. The normalized spacial score (nSPS) is 18.0. The maximum Gasteiger partial charge on any atom is 0.131 e. The number of rotatable bonds is 5. The molecule has 1 unspecified atom stereocenters. The minimum absolute atomic E-state index is 0.448. The Morgan fingerprint density at radius 3 is 2.71 bits per heavy atom. The van der Waals surface area contributed by atoms with Crippen LogP contribution in [0.1, 0.15) is 46.0 Å².